The molecule has 7 nitrogen and oxygen atoms in total. The minimum atomic E-state index is -0.0922. The second-order valence-electron chi connectivity index (χ2n) is 17.1. The minimum Gasteiger partial charge on any atom is -0.469 e. The number of unbranched alkanes of at least 4 members (excludes halogenated alkanes) is 22. The molecule has 0 heterocycles. The zero-order valence-corrected chi connectivity index (χ0v) is 37.8. The number of hydrogen-bond acceptors (Lipinski definition) is 7. The highest BCUT2D eigenvalue weighted by atomic mass is 16.5. The number of hydrogen-bond donors (Lipinski definition) is 0. The molecule has 0 amide bonds. The molecular formula is C49H91NO6. The van der Waals surface area contributed by atoms with E-state index in [1.165, 1.54) is 143 Å². The van der Waals surface area contributed by atoms with Crippen LogP contribution in [0.25, 0.3) is 0 Å². The normalized spacial score (nSPS) is 12.9. The lowest BCUT2D eigenvalue weighted by Gasteiger charge is -2.22. The molecule has 0 aliphatic carbocycles. The molecule has 2 atom stereocenters. The summed E-state index contributed by atoms with van der Waals surface area (Å²) in [6, 6.07) is 0. The van der Waals surface area contributed by atoms with Crippen molar-refractivity contribution < 1.29 is 28.6 Å². The van der Waals surface area contributed by atoms with E-state index in [1.54, 1.807) is 0 Å². The van der Waals surface area contributed by atoms with Crippen molar-refractivity contribution in [3.05, 3.63) is 24.3 Å². The number of ether oxygens (including phenoxy) is 3. The Hall–Kier alpha value is -2.15. The highest BCUT2D eigenvalue weighted by molar-refractivity contribution is 5.70. The number of nitrogens with zero attached hydrogens (tertiary/aromatic N) is 1. The Labute approximate surface area is 346 Å². The first-order valence-corrected chi connectivity index (χ1v) is 23.5. The van der Waals surface area contributed by atoms with Gasteiger partial charge in [-0.05, 0) is 122 Å². The molecule has 0 N–H and O–H groups in total. The van der Waals surface area contributed by atoms with Crippen molar-refractivity contribution in [2.24, 2.45) is 11.8 Å². The van der Waals surface area contributed by atoms with Crippen molar-refractivity contribution in [1.82, 2.24) is 4.90 Å². The number of carbonyl (C=O) groups is 3. The van der Waals surface area contributed by atoms with Crippen LogP contribution < -0.4 is 0 Å². The number of allylic oxidation sites excluding steroid dienone is 4. The van der Waals surface area contributed by atoms with Gasteiger partial charge in [-0.2, -0.15) is 0 Å². The highest BCUT2D eigenvalue weighted by Gasteiger charge is 2.18. The van der Waals surface area contributed by atoms with Gasteiger partial charge in [-0.3, -0.25) is 14.4 Å². The van der Waals surface area contributed by atoms with Gasteiger partial charge in [0.2, 0.25) is 0 Å². The molecular weight excluding hydrogens is 699 g/mol. The zero-order valence-electron chi connectivity index (χ0n) is 37.8. The first-order valence-electron chi connectivity index (χ1n) is 23.5. The lowest BCUT2D eigenvalue weighted by Crippen LogP contribution is -2.23. The topological polar surface area (TPSA) is 82.1 Å². The summed E-state index contributed by atoms with van der Waals surface area (Å²) in [7, 11) is 7.15. The SMILES string of the molecule is COC(=O)CCCCCCC/C=C\CCCCCCCCC(CCCCCCCC/C=C\CCCCCCCC(=O)OC)OC(=O)CC(C)CC(C)CN(C)C. The van der Waals surface area contributed by atoms with E-state index in [1.807, 2.05) is 0 Å². The smallest absolute Gasteiger partial charge is 0.306 e. The molecule has 328 valence electrons. The van der Waals surface area contributed by atoms with Crippen LogP contribution in [0.5, 0.6) is 0 Å². The number of methoxy groups -OCH3 is 2. The Bertz CT molecular complexity index is 906. The fraction of sp³-hybridized carbons (Fsp3) is 0.857. The van der Waals surface area contributed by atoms with E-state index in [9.17, 15) is 14.4 Å². The van der Waals surface area contributed by atoms with Gasteiger partial charge in [0.15, 0.2) is 0 Å². The Balaban J connectivity index is 4.19. The van der Waals surface area contributed by atoms with Crippen molar-refractivity contribution in [2.45, 2.75) is 225 Å². The van der Waals surface area contributed by atoms with Crippen molar-refractivity contribution in [2.75, 3.05) is 34.9 Å². The quantitative estimate of drug-likeness (QED) is 0.0264. The van der Waals surface area contributed by atoms with Gasteiger partial charge < -0.3 is 19.1 Å². The molecule has 0 bridgehead atoms. The van der Waals surface area contributed by atoms with Gasteiger partial charge in [-0.25, -0.2) is 0 Å². The van der Waals surface area contributed by atoms with Gasteiger partial charge in [0.1, 0.15) is 6.10 Å². The molecule has 0 saturated heterocycles. The van der Waals surface area contributed by atoms with Gasteiger partial charge in [-0.1, -0.05) is 128 Å². The van der Waals surface area contributed by atoms with Gasteiger partial charge in [0.05, 0.1) is 14.2 Å². The van der Waals surface area contributed by atoms with Crippen LogP contribution in [0.15, 0.2) is 24.3 Å². The molecule has 0 aromatic carbocycles. The van der Waals surface area contributed by atoms with E-state index in [-0.39, 0.29) is 24.0 Å². The van der Waals surface area contributed by atoms with E-state index in [0.29, 0.717) is 31.1 Å². The van der Waals surface area contributed by atoms with Crippen LogP contribution in [0.2, 0.25) is 0 Å². The van der Waals surface area contributed by atoms with Gasteiger partial charge in [-0.15, -0.1) is 0 Å². The molecule has 0 aliphatic rings. The van der Waals surface area contributed by atoms with E-state index in [0.717, 1.165) is 64.3 Å². The highest BCUT2D eigenvalue weighted by Crippen LogP contribution is 2.21. The molecule has 0 radical (unpaired) electrons. The summed E-state index contributed by atoms with van der Waals surface area (Å²) in [5.41, 5.74) is 0. The number of esters is 3. The third kappa shape index (κ3) is 40.1. The minimum absolute atomic E-state index is 0.00642. The molecule has 2 unspecified atom stereocenters. The molecule has 56 heavy (non-hydrogen) atoms. The predicted molar refractivity (Wildman–Crippen MR) is 237 cm³/mol. The second-order valence-corrected chi connectivity index (χ2v) is 17.1. The summed E-state index contributed by atoms with van der Waals surface area (Å²) in [5, 5.41) is 0. The largest absolute Gasteiger partial charge is 0.469 e. The Morgan fingerprint density at radius 3 is 1.16 bits per heavy atom. The lowest BCUT2D eigenvalue weighted by atomic mass is 9.94. The molecule has 0 saturated carbocycles. The van der Waals surface area contributed by atoms with Gasteiger partial charge in [0, 0.05) is 25.8 Å². The van der Waals surface area contributed by atoms with E-state index in [2.05, 4.69) is 57.1 Å². The van der Waals surface area contributed by atoms with Crippen LogP contribution in [0.4, 0.5) is 0 Å². The molecule has 0 fully saturated rings. The Morgan fingerprint density at radius 2 is 0.804 bits per heavy atom. The van der Waals surface area contributed by atoms with Crippen LogP contribution >= 0.6 is 0 Å². The maximum atomic E-state index is 13.0. The summed E-state index contributed by atoms with van der Waals surface area (Å²) in [5.74, 6) is 0.756. The second kappa shape index (κ2) is 41.0. The lowest BCUT2D eigenvalue weighted by molar-refractivity contribution is -0.151. The average molecular weight is 790 g/mol. The van der Waals surface area contributed by atoms with E-state index < -0.39 is 0 Å². The molecule has 7 heteroatoms. The molecule has 0 aliphatic heterocycles. The van der Waals surface area contributed by atoms with Crippen molar-refractivity contribution >= 4 is 17.9 Å². The predicted octanol–water partition coefficient (Wildman–Crippen LogP) is 13.7. The first kappa shape index (κ1) is 53.9. The fourth-order valence-corrected chi connectivity index (χ4v) is 7.73. The monoisotopic (exact) mass is 790 g/mol. The third-order valence-electron chi connectivity index (χ3n) is 10.9. The summed E-state index contributed by atoms with van der Waals surface area (Å²) in [4.78, 5) is 37.5. The van der Waals surface area contributed by atoms with Crippen LogP contribution in [0.3, 0.4) is 0 Å². The fourth-order valence-electron chi connectivity index (χ4n) is 7.73. The summed E-state index contributed by atoms with van der Waals surface area (Å²) < 4.78 is 15.5. The number of rotatable bonds is 41. The molecule has 0 spiro atoms. The van der Waals surface area contributed by atoms with Crippen LogP contribution in [-0.4, -0.2) is 63.8 Å². The van der Waals surface area contributed by atoms with Crippen molar-refractivity contribution in [3.63, 3.8) is 0 Å². The zero-order chi connectivity index (χ0) is 41.3. The van der Waals surface area contributed by atoms with Gasteiger partial charge in [0.25, 0.3) is 0 Å². The molecule has 0 aromatic heterocycles. The van der Waals surface area contributed by atoms with Crippen molar-refractivity contribution in [3.8, 4) is 0 Å². The number of carbonyl (C=O) groups excluding carboxylic acids is 3. The standard InChI is InChI=1S/C49H91NO6/c1-44(41-45(2)43-50(3)4)42-49(53)56-46(37-33-29-25-21-17-13-9-7-11-15-19-23-27-31-35-39-47(51)54-5)38-34-30-26-22-18-14-10-8-12-16-20-24-28-32-36-40-48(52)55-6/h7-8,11-12,44-46H,9-10,13-43H2,1-6H3/b11-7-,12-8-. The van der Waals surface area contributed by atoms with E-state index >= 15 is 0 Å². The Kier molecular flexibility index (Phi) is 39.5. The van der Waals surface area contributed by atoms with Crippen LogP contribution in [0, 0.1) is 11.8 Å². The molecule has 0 rings (SSSR count). The average Bonchev–Trinajstić information content (AvgIpc) is 3.16. The summed E-state index contributed by atoms with van der Waals surface area (Å²) in [6.07, 6.45) is 45.5. The summed E-state index contributed by atoms with van der Waals surface area (Å²) in [6.45, 7) is 5.54. The maximum Gasteiger partial charge on any atom is 0.306 e. The first-order chi connectivity index (χ1) is 27.2. The molecule has 0 aromatic rings. The van der Waals surface area contributed by atoms with Gasteiger partial charge >= 0.3 is 17.9 Å². The summed E-state index contributed by atoms with van der Waals surface area (Å²) >= 11 is 0. The third-order valence-corrected chi connectivity index (χ3v) is 10.9. The van der Waals surface area contributed by atoms with Crippen LogP contribution in [0.1, 0.15) is 219 Å². The van der Waals surface area contributed by atoms with E-state index in [4.69, 9.17) is 14.2 Å². The Morgan fingerprint density at radius 1 is 0.464 bits per heavy atom. The van der Waals surface area contributed by atoms with Crippen molar-refractivity contribution in [1.29, 1.82) is 0 Å². The van der Waals surface area contributed by atoms with Crippen LogP contribution in [-0.2, 0) is 28.6 Å². The maximum absolute atomic E-state index is 13.0.